The molecule has 1 saturated carbocycles. The Balaban J connectivity index is 1.86. The van der Waals surface area contributed by atoms with Crippen molar-refractivity contribution in [1.82, 2.24) is 15.2 Å². The van der Waals surface area contributed by atoms with Gasteiger partial charge in [-0.25, -0.2) is 0 Å². The largest absolute Gasteiger partial charge is 0.363 e. The molecule has 2 N–H and O–H groups in total. The Labute approximate surface area is 167 Å². The second kappa shape index (κ2) is 9.36. The van der Waals surface area contributed by atoms with Crippen LogP contribution in [0.15, 0.2) is 29.1 Å². The molecule has 1 aromatic carbocycles. The summed E-state index contributed by atoms with van der Waals surface area (Å²) in [7, 11) is 0. The Morgan fingerprint density at radius 3 is 2.74 bits per heavy atom. The molecule has 0 atom stereocenters. The summed E-state index contributed by atoms with van der Waals surface area (Å²) in [6, 6.07) is 8.74. The van der Waals surface area contributed by atoms with E-state index in [0.717, 1.165) is 60.2 Å². The SMILES string of the molecule is CCCCNC(=S)N(Cc1cc2cc(CC)ccc2[nH]c1=O)C1CCCC1. The maximum Gasteiger partial charge on any atom is 0.253 e. The first-order chi connectivity index (χ1) is 13.1. The Morgan fingerprint density at radius 2 is 2.04 bits per heavy atom. The zero-order valence-corrected chi connectivity index (χ0v) is 17.3. The molecule has 0 bridgehead atoms. The molecule has 1 fully saturated rings. The molecule has 0 aliphatic heterocycles. The van der Waals surface area contributed by atoms with Crippen molar-refractivity contribution in [2.24, 2.45) is 0 Å². The van der Waals surface area contributed by atoms with Crippen LogP contribution in [0.4, 0.5) is 0 Å². The molecule has 146 valence electrons. The highest BCUT2D eigenvalue weighted by Crippen LogP contribution is 2.25. The van der Waals surface area contributed by atoms with E-state index in [-0.39, 0.29) is 5.56 Å². The summed E-state index contributed by atoms with van der Waals surface area (Å²) < 4.78 is 0. The summed E-state index contributed by atoms with van der Waals surface area (Å²) in [5.74, 6) is 0. The normalized spacial score (nSPS) is 14.6. The Hall–Kier alpha value is -1.88. The van der Waals surface area contributed by atoms with Crippen molar-refractivity contribution in [2.75, 3.05) is 6.54 Å². The zero-order chi connectivity index (χ0) is 19.2. The van der Waals surface area contributed by atoms with Gasteiger partial charge in [-0.1, -0.05) is 39.2 Å². The van der Waals surface area contributed by atoms with Gasteiger partial charge in [0.1, 0.15) is 0 Å². The Bertz CT molecular complexity index is 839. The lowest BCUT2D eigenvalue weighted by Gasteiger charge is -2.31. The first kappa shape index (κ1) is 19.9. The second-order valence-corrected chi connectivity index (χ2v) is 7.94. The second-order valence-electron chi connectivity index (χ2n) is 7.55. The average molecular weight is 386 g/mol. The molecule has 27 heavy (non-hydrogen) atoms. The molecule has 5 heteroatoms. The lowest BCUT2D eigenvalue weighted by Crippen LogP contribution is -2.45. The Morgan fingerprint density at radius 1 is 1.26 bits per heavy atom. The van der Waals surface area contributed by atoms with E-state index in [2.05, 4.69) is 41.2 Å². The fraction of sp³-hybridized carbons (Fsp3) is 0.545. The van der Waals surface area contributed by atoms with Crippen molar-refractivity contribution in [3.8, 4) is 0 Å². The van der Waals surface area contributed by atoms with Crippen LogP contribution in [-0.4, -0.2) is 27.6 Å². The molecule has 1 aliphatic rings. The van der Waals surface area contributed by atoms with Crippen molar-refractivity contribution in [1.29, 1.82) is 0 Å². The molecule has 3 rings (SSSR count). The maximum atomic E-state index is 12.7. The van der Waals surface area contributed by atoms with Crippen LogP contribution in [0.2, 0.25) is 0 Å². The average Bonchev–Trinajstić information content (AvgIpc) is 3.20. The number of thiocarbonyl (C=S) groups is 1. The quantitative estimate of drug-likeness (QED) is 0.544. The smallest absolute Gasteiger partial charge is 0.253 e. The van der Waals surface area contributed by atoms with E-state index in [0.29, 0.717) is 12.6 Å². The first-order valence-electron chi connectivity index (χ1n) is 10.3. The van der Waals surface area contributed by atoms with E-state index >= 15 is 0 Å². The number of nitrogens with zero attached hydrogens (tertiary/aromatic N) is 1. The van der Waals surface area contributed by atoms with Crippen LogP contribution in [0.5, 0.6) is 0 Å². The predicted molar refractivity (Wildman–Crippen MR) is 117 cm³/mol. The number of aromatic amines is 1. The molecule has 2 aromatic rings. The van der Waals surface area contributed by atoms with Crippen molar-refractivity contribution in [2.45, 2.75) is 71.4 Å². The van der Waals surface area contributed by atoms with E-state index in [4.69, 9.17) is 12.2 Å². The monoisotopic (exact) mass is 385 g/mol. The summed E-state index contributed by atoms with van der Waals surface area (Å²) in [5, 5.41) is 5.29. The highest BCUT2D eigenvalue weighted by molar-refractivity contribution is 7.80. The summed E-state index contributed by atoms with van der Waals surface area (Å²) in [4.78, 5) is 18.0. The third-order valence-electron chi connectivity index (χ3n) is 5.57. The predicted octanol–water partition coefficient (Wildman–Crippen LogP) is 4.51. The van der Waals surface area contributed by atoms with Gasteiger partial charge in [0.05, 0.1) is 6.54 Å². The van der Waals surface area contributed by atoms with Crippen molar-refractivity contribution < 1.29 is 0 Å². The van der Waals surface area contributed by atoms with E-state index in [1.807, 2.05) is 12.1 Å². The number of nitrogens with one attached hydrogen (secondary N) is 2. The third kappa shape index (κ3) is 4.89. The number of aromatic nitrogens is 1. The van der Waals surface area contributed by atoms with Crippen LogP contribution in [-0.2, 0) is 13.0 Å². The van der Waals surface area contributed by atoms with Crippen LogP contribution in [0, 0.1) is 0 Å². The molecule has 1 aromatic heterocycles. The standard InChI is InChI=1S/C22H31N3OS/c1-3-5-12-23-22(27)25(19-8-6-7-9-19)15-18-14-17-13-16(4-2)10-11-20(17)24-21(18)26/h10-11,13-14,19H,3-9,12,15H2,1-2H3,(H,23,27)(H,24,26). The number of benzene rings is 1. The number of fused-ring (bicyclic) bond motifs is 1. The van der Waals surface area contributed by atoms with Gasteiger partial charge in [0, 0.05) is 23.7 Å². The van der Waals surface area contributed by atoms with Gasteiger partial charge in [-0.3, -0.25) is 4.79 Å². The maximum absolute atomic E-state index is 12.7. The van der Waals surface area contributed by atoms with Gasteiger partial charge in [0.15, 0.2) is 5.11 Å². The number of pyridine rings is 1. The van der Waals surface area contributed by atoms with Gasteiger partial charge < -0.3 is 15.2 Å². The van der Waals surface area contributed by atoms with Crippen molar-refractivity contribution in [3.05, 3.63) is 45.7 Å². The first-order valence-corrected chi connectivity index (χ1v) is 10.7. The fourth-order valence-corrected chi connectivity index (χ4v) is 4.19. The summed E-state index contributed by atoms with van der Waals surface area (Å²) in [5.41, 5.74) is 2.97. The van der Waals surface area contributed by atoms with Gasteiger partial charge in [-0.2, -0.15) is 0 Å². The number of hydrogen-bond donors (Lipinski definition) is 2. The van der Waals surface area contributed by atoms with E-state index < -0.39 is 0 Å². The lowest BCUT2D eigenvalue weighted by molar-refractivity contribution is 0.302. The van der Waals surface area contributed by atoms with Crippen molar-refractivity contribution in [3.63, 3.8) is 0 Å². The molecule has 1 aliphatic carbocycles. The summed E-state index contributed by atoms with van der Waals surface area (Å²) in [6.45, 7) is 5.80. The van der Waals surface area contributed by atoms with Gasteiger partial charge in [-0.15, -0.1) is 0 Å². The molecule has 0 radical (unpaired) electrons. The molecular formula is C22H31N3OS. The zero-order valence-electron chi connectivity index (χ0n) is 16.5. The minimum atomic E-state index is -0.00824. The summed E-state index contributed by atoms with van der Waals surface area (Å²) in [6.07, 6.45) is 8.03. The van der Waals surface area contributed by atoms with Crippen LogP contribution >= 0.6 is 12.2 Å². The third-order valence-corrected chi connectivity index (χ3v) is 5.95. The molecule has 0 saturated heterocycles. The molecule has 0 spiro atoms. The van der Waals surface area contributed by atoms with Crippen LogP contribution in [0.3, 0.4) is 0 Å². The minimum absolute atomic E-state index is 0.00824. The highest BCUT2D eigenvalue weighted by atomic mass is 32.1. The number of rotatable bonds is 7. The van der Waals surface area contributed by atoms with Gasteiger partial charge >= 0.3 is 0 Å². The molecule has 0 unspecified atom stereocenters. The molecule has 1 heterocycles. The number of H-pyrrole nitrogens is 1. The minimum Gasteiger partial charge on any atom is -0.363 e. The topological polar surface area (TPSA) is 48.1 Å². The van der Waals surface area contributed by atoms with Gasteiger partial charge in [-0.05, 0) is 67.0 Å². The van der Waals surface area contributed by atoms with Crippen molar-refractivity contribution >= 4 is 28.2 Å². The highest BCUT2D eigenvalue weighted by Gasteiger charge is 2.25. The number of hydrogen-bond acceptors (Lipinski definition) is 2. The van der Waals surface area contributed by atoms with E-state index in [1.165, 1.54) is 18.4 Å². The summed E-state index contributed by atoms with van der Waals surface area (Å²) >= 11 is 5.71. The van der Waals surface area contributed by atoms with Crippen LogP contribution in [0.1, 0.15) is 63.5 Å². The Kier molecular flexibility index (Phi) is 6.89. The lowest BCUT2D eigenvalue weighted by atomic mass is 10.1. The van der Waals surface area contributed by atoms with Crippen LogP contribution in [0.25, 0.3) is 10.9 Å². The van der Waals surface area contributed by atoms with Gasteiger partial charge in [0.25, 0.3) is 5.56 Å². The van der Waals surface area contributed by atoms with E-state index in [1.54, 1.807) is 0 Å². The van der Waals surface area contributed by atoms with E-state index in [9.17, 15) is 4.79 Å². The fourth-order valence-electron chi connectivity index (χ4n) is 3.88. The van der Waals surface area contributed by atoms with Crippen LogP contribution < -0.4 is 10.9 Å². The molecule has 0 amide bonds. The van der Waals surface area contributed by atoms with Gasteiger partial charge in [0.2, 0.25) is 0 Å². The molecule has 4 nitrogen and oxygen atoms in total. The number of aryl methyl sites for hydroxylation is 1. The molecular weight excluding hydrogens is 354 g/mol. The number of unbranched alkanes of at least 4 members (excludes halogenated alkanes) is 1.